The van der Waals surface area contributed by atoms with Gasteiger partial charge in [0.1, 0.15) is 0 Å². The first-order valence-corrected chi connectivity index (χ1v) is 7.10. The molecule has 2 atom stereocenters. The summed E-state index contributed by atoms with van der Waals surface area (Å²) < 4.78 is 0. The summed E-state index contributed by atoms with van der Waals surface area (Å²) in [5.41, 5.74) is 0. The molecule has 0 radical (unpaired) electrons. The van der Waals surface area contributed by atoms with E-state index in [0.717, 1.165) is 6.04 Å². The second-order valence-corrected chi connectivity index (χ2v) is 4.86. The molecule has 2 heteroatoms. The molecule has 0 spiro atoms. The molecule has 0 aromatic carbocycles. The highest BCUT2D eigenvalue weighted by molar-refractivity contribution is 4.74. The van der Waals surface area contributed by atoms with Gasteiger partial charge in [-0.05, 0) is 33.4 Å². The molecule has 0 bridgehead atoms. The van der Waals surface area contributed by atoms with Gasteiger partial charge in [-0.2, -0.15) is 0 Å². The SMILES string of the molecule is CCCCC(CCC)N(CC)CC(C)NC. The Kier molecular flexibility index (Phi) is 10.0. The number of rotatable bonds is 10. The van der Waals surface area contributed by atoms with E-state index < -0.39 is 0 Å². The largest absolute Gasteiger partial charge is 0.316 e. The van der Waals surface area contributed by atoms with Crippen LogP contribution in [0.4, 0.5) is 0 Å². The van der Waals surface area contributed by atoms with E-state index in [1.165, 1.54) is 45.2 Å². The average Bonchev–Trinajstić information content (AvgIpc) is 2.31. The van der Waals surface area contributed by atoms with Crippen molar-refractivity contribution in [3.63, 3.8) is 0 Å². The molecule has 0 heterocycles. The van der Waals surface area contributed by atoms with Crippen LogP contribution in [0.25, 0.3) is 0 Å². The van der Waals surface area contributed by atoms with Gasteiger partial charge in [0, 0.05) is 18.6 Å². The molecule has 2 nitrogen and oxygen atoms in total. The molecule has 0 aliphatic carbocycles. The monoisotopic (exact) mass is 228 g/mol. The first kappa shape index (κ1) is 15.9. The van der Waals surface area contributed by atoms with Gasteiger partial charge in [-0.3, -0.25) is 4.90 Å². The molecule has 0 saturated heterocycles. The maximum absolute atomic E-state index is 3.34. The summed E-state index contributed by atoms with van der Waals surface area (Å²) in [6, 6.07) is 1.40. The molecule has 2 unspecified atom stereocenters. The van der Waals surface area contributed by atoms with Gasteiger partial charge in [0.2, 0.25) is 0 Å². The third-order valence-electron chi connectivity index (χ3n) is 3.44. The Bertz CT molecular complexity index is 148. The fourth-order valence-electron chi connectivity index (χ4n) is 2.26. The Labute approximate surface area is 103 Å². The van der Waals surface area contributed by atoms with E-state index in [2.05, 4.69) is 45.0 Å². The summed E-state index contributed by atoms with van der Waals surface area (Å²) in [4.78, 5) is 2.65. The summed E-state index contributed by atoms with van der Waals surface area (Å²) in [5, 5.41) is 3.34. The highest BCUT2D eigenvalue weighted by atomic mass is 15.2. The minimum atomic E-state index is 0.598. The van der Waals surface area contributed by atoms with Crippen molar-refractivity contribution < 1.29 is 0 Å². The first-order valence-electron chi connectivity index (χ1n) is 7.10. The lowest BCUT2D eigenvalue weighted by Crippen LogP contribution is -2.43. The minimum Gasteiger partial charge on any atom is -0.316 e. The zero-order valence-electron chi connectivity index (χ0n) is 12.1. The molecular weight excluding hydrogens is 196 g/mol. The van der Waals surface area contributed by atoms with Crippen LogP contribution in [0.2, 0.25) is 0 Å². The summed E-state index contributed by atoms with van der Waals surface area (Å²) in [7, 11) is 2.05. The summed E-state index contributed by atoms with van der Waals surface area (Å²) >= 11 is 0. The zero-order valence-corrected chi connectivity index (χ0v) is 12.1. The van der Waals surface area contributed by atoms with E-state index >= 15 is 0 Å². The Balaban J connectivity index is 4.20. The van der Waals surface area contributed by atoms with Crippen LogP contribution in [0, 0.1) is 0 Å². The molecule has 0 rings (SSSR count). The predicted octanol–water partition coefficient (Wildman–Crippen LogP) is 3.28. The fourth-order valence-corrected chi connectivity index (χ4v) is 2.26. The number of unbranched alkanes of at least 4 members (excludes halogenated alkanes) is 1. The highest BCUT2D eigenvalue weighted by Crippen LogP contribution is 2.14. The highest BCUT2D eigenvalue weighted by Gasteiger charge is 2.17. The molecular formula is C14H32N2. The quantitative estimate of drug-likeness (QED) is 0.617. The number of hydrogen-bond acceptors (Lipinski definition) is 2. The predicted molar refractivity (Wildman–Crippen MR) is 74.0 cm³/mol. The van der Waals surface area contributed by atoms with Gasteiger partial charge in [0.05, 0.1) is 0 Å². The maximum atomic E-state index is 3.34. The zero-order chi connectivity index (χ0) is 12.4. The van der Waals surface area contributed by atoms with E-state index in [0.29, 0.717) is 6.04 Å². The van der Waals surface area contributed by atoms with Gasteiger partial charge in [0.25, 0.3) is 0 Å². The molecule has 0 aromatic heterocycles. The van der Waals surface area contributed by atoms with Crippen molar-refractivity contribution in [3.05, 3.63) is 0 Å². The van der Waals surface area contributed by atoms with Crippen LogP contribution >= 0.6 is 0 Å². The van der Waals surface area contributed by atoms with E-state index in [9.17, 15) is 0 Å². The molecule has 0 fully saturated rings. The Hall–Kier alpha value is -0.0800. The van der Waals surface area contributed by atoms with Crippen LogP contribution in [0.15, 0.2) is 0 Å². The molecule has 0 aromatic rings. The van der Waals surface area contributed by atoms with Crippen LogP contribution in [-0.2, 0) is 0 Å². The Morgan fingerprint density at radius 1 is 1.06 bits per heavy atom. The molecule has 0 saturated carbocycles. The van der Waals surface area contributed by atoms with Gasteiger partial charge < -0.3 is 5.32 Å². The number of likely N-dealkylation sites (N-methyl/N-ethyl adjacent to an activating group) is 2. The van der Waals surface area contributed by atoms with Gasteiger partial charge in [-0.1, -0.05) is 40.0 Å². The van der Waals surface area contributed by atoms with Crippen LogP contribution in [-0.4, -0.2) is 37.1 Å². The normalized spacial score (nSPS) is 15.4. The lowest BCUT2D eigenvalue weighted by Gasteiger charge is -2.32. The van der Waals surface area contributed by atoms with E-state index in [1.807, 2.05) is 0 Å². The van der Waals surface area contributed by atoms with Gasteiger partial charge in [0.15, 0.2) is 0 Å². The lowest BCUT2D eigenvalue weighted by atomic mass is 10.0. The molecule has 16 heavy (non-hydrogen) atoms. The molecule has 0 amide bonds. The van der Waals surface area contributed by atoms with Crippen molar-refractivity contribution in [1.82, 2.24) is 10.2 Å². The maximum Gasteiger partial charge on any atom is 0.0163 e. The van der Waals surface area contributed by atoms with E-state index in [4.69, 9.17) is 0 Å². The van der Waals surface area contributed by atoms with Crippen molar-refractivity contribution in [3.8, 4) is 0 Å². The van der Waals surface area contributed by atoms with E-state index in [-0.39, 0.29) is 0 Å². The minimum absolute atomic E-state index is 0.598. The molecule has 0 aliphatic rings. The lowest BCUT2D eigenvalue weighted by molar-refractivity contribution is 0.169. The standard InChI is InChI=1S/C14H32N2/c1-6-9-11-14(10-7-2)16(8-3)12-13(4)15-5/h13-15H,6-12H2,1-5H3. The summed E-state index contributed by atoms with van der Waals surface area (Å²) in [6.45, 7) is 11.5. The molecule has 0 aliphatic heterocycles. The van der Waals surface area contributed by atoms with Gasteiger partial charge >= 0.3 is 0 Å². The Morgan fingerprint density at radius 3 is 2.19 bits per heavy atom. The van der Waals surface area contributed by atoms with Crippen LogP contribution < -0.4 is 5.32 Å². The third-order valence-corrected chi connectivity index (χ3v) is 3.44. The van der Waals surface area contributed by atoms with Gasteiger partial charge in [-0.25, -0.2) is 0 Å². The van der Waals surface area contributed by atoms with Crippen molar-refractivity contribution in [2.75, 3.05) is 20.1 Å². The van der Waals surface area contributed by atoms with Crippen LogP contribution in [0.3, 0.4) is 0 Å². The first-order chi connectivity index (χ1) is 7.69. The molecule has 98 valence electrons. The number of nitrogens with one attached hydrogen (secondary N) is 1. The summed E-state index contributed by atoms with van der Waals surface area (Å²) in [5.74, 6) is 0. The van der Waals surface area contributed by atoms with Crippen molar-refractivity contribution in [2.24, 2.45) is 0 Å². The average molecular weight is 228 g/mol. The molecule has 1 N–H and O–H groups in total. The van der Waals surface area contributed by atoms with Crippen molar-refractivity contribution in [1.29, 1.82) is 0 Å². The van der Waals surface area contributed by atoms with E-state index in [1.54, 1.807) is 0 Å². The van der Waals surface area contributed by atoms with Crippen LogP contribution in [0.1, 0.15) is 59.8 Å². The second kappa shape index (κ2) is 10.1. The number of nitrogens with zero attached hydrogens (tertiary/aromatic N) is 1. The third kappa shape index (κ3) is 6.49. The summed E-state index contributed by atoms with van der Waals surface area (Å²) in [6.07, 6.45) is 6.71. The van der Waals surface area contributed by atoms with Gasteiger partial charge in [-0.15, -0.1) is 0 Å². The fraction of sp³-hybridized carbons (Fsp3) is 1.00. The smallest absolute Gasteiger partial charge is 0.0163 e. The second-order valence-electron chi connectivity index (χ2n) is 4.86. The topological polar surface area (TPSA) is 15.3 Å². The van der Waals surface area contributed by atoms with Crippen molar-refractivity contribution in [2.45, 2.75) is 71.9 Å². The van der Waals surface area contributed by atoms with Crippen molar-refractivity contribution >= 4 is 0 Å². The Morgan fingerprint density at radius 2 is 1.75 bits per heavy atom. The number of hydrogen-bond donors (Lipinski definition) is 1. The van der Waals surface area contributed by atoms with Crippen LogP contribution in [0.5, 0.6) is 0 Å².